The molecule has 1 atom stereocenters. The predicted octanol–water partition coefficient (Wildman–Crippen LogP) is 3.94. The Bertz CT molecular complexity index is 714. The number of aryl methyl sites for hydroxylation is 1. The molecule has 0 fully saturated rings. The van der Waals surface area contributed by atoms with Crippen LogP contribution in [0.5, 0.6) is 0 Å². The minimum atomic E-state index is -0.868. The van der Waals surface area contributed by atoms with E-state index in [1.165, 1.54) is 0 Å². The second-order valence-electron chi connectivity index (χ2n) is 5.36. The van der Waals surface area contributed by atoms with E-state index in [1.807, 2.05) is 13.0 Å². The number of hydrogen-bond acceptors (Lipinski definition) is 5. The molecule has 24 heavy (non-hydrogen) atoms. The van der Waals surface area contributed by atoms with Crippen LogP contribution in [0.1, 0.15) is 42.3 Å². The SMILES string of the molecule is CCCCC(OC(=O)c1cccc(I)c1)C(=O)Nc1cc(C)on1. The zero-order valence-corrected chi connectivity index (χ0v) is 15.7. The molecule has 0 saturated carbocycles. The van der Waals surface area contributed by atoms with E-state index >= 15 is 0 Å². The summed E-state index contributed by atoms with van der Waals surface area (Å²) in [6.07, 6.45) is 1.25. The molecule has 0 spiro atoms. The molecule has 2 aromatic rings. The van der Waals surface area contributed by atoms with Crippen LogP contribution < -0.4 is 5.32 Å². The summed E-state index contributed by atoms with van der Waals surface area (Å²) in [5.74, 6) is -0.0209. The van der Waals surface area contributed by atoms with E-state index in [4.69, 9.17) is 9.26 Å². The summed E-state index contributed by atoms with van der Waals surface area (Å²) in [7, 11) is 0. The number of hydrogen-bond donors (Lipinski definition) is 1. The van der Waals surface area contributed by atoms with Crippen molar-refractivity contribution in [2.45, 2.75) is 39.2 Å². The van der Waals surface area contributed by atoms with E-state index in [0.717, 1.165) is 16.4 Å². The molecule has 1 N–H and O–H groups in total. The van der Waals surface area contributed by atoms with Crippen molar-refractivity contribution in [2.24, 2.45) is 0 Å². The minimum absolute atomic E-state index is 0.310. The molecular formula is C17H19IN2O4. The molecule has 1 aromatic carbocycles. The zero-order chi connectivity index (χ0) is 17.5. The van der Waals surface area contributed by atoms with Crippen LogP contribution >= 0.6 is 22.6 Å². The molecule has 1 heterocycles. The number of nitrogens with one attached hydrogen (secondary N) is 1. The third-order valence-electron chi connectivity index (χ3n) is 3.30. The van der Waals surface area contributed by atoms with Crippen LogP contribution in [0.2, 0.25) is 0 Å². The smallest absolute Gasteiger partial charge is 0.338 e. The summed E-state index contributed by atoms with van der Waals surface area (Å²) in [6, 6.07) is 8.65. The average Bonchev–Trinajstić information content (AvgIpc) is 2.96. The summed E-state index contributed by atoms with van der Waals surface area (Å²) in [6.45, 7) is 3.74. The first-order valence-electron chi connectivity index (χ1n) is 7.70. The van der Waals surface area contributed by atoms with E-state index in [0.29, 0.717) is 23.6 Å². The van der Waals surface area contributed by atoms with Gasteiger partial charge in [-0.1, -0.05) is 24.6 Å². The van der Waals surface area contributed by atoms with Gasteiger partial charge >= 0.3 is 5.97 Å². The van der Waals surface area contributed by atoms with Gasteiger partial charge in [0.25, 0.3) is 5.91 Å². The Labute approximate surface area is 154 Å². The number of rotatable bonds is 7. The standard InChI is InChI=1S/C17H19IN2O4/c1-3-4-8-14(16(21)19-15-9-11(2)24-20-15)23-17(22)12-6-5-7-13(18)10-12/h5-7,9-10,14H,3-4,8H2,1-2H3,(H,19,20,21). The number of halogens is 1. The Morgan fingerprint density at radius 3 is 2.79 bits per heavy atom. The van der Waals surface area contributed by atoms with Crippen LogP contribution in [0.25, 0.3) is 0 Å². The fourth-order valence-corrected chi connectivity index (χ4v) is 2.62. The van der Waals surface area contributed by atoms with Gasteiger partial charge in [0, 0.05) is 9.64 Å². The van der Waals surface area contributed by atoms with Crippen LogP contribution in [0.15, 0.2) is 34.9 Å². The monoisotopic (exact) mass is 442 g/mol. The Morgan fingerprint density at radius 1 is 1.38 bits per heavy atom. The van der Waals surface area contributed by atoms with Crippen LogP contribution in [-0.2, 0) is 9.53 Å². The molecule has 0 bridgehead atoms. The lowest BCUT2D eigenvalue weighted by atomic mass is 10.1. The highest BCUT2D eigenvalue weighted by Gasteiger charge is 2.24. The van der Waals surface area contributed by atoms with Crippen molar-refractivity contribution in [3.8, 4) is 0 Å². The molecule has 7 heteroatoms. The van der Waals surface area contributed by atoms with E-state index in [1.54, 1.807) is 31.2 Å². The number of benzene rings is 1. The number of esters is 1. The van der Waals surface area contributed by atoms with Crippen LogP contribution in [0, 0.1) is 10.5 Å². The van der Waals surface area contributed by atoms with Crippen molar-refractivity contribution in [3.05, 3.63) is 45.2 Å². The Balaban J connectivity index is 2.06. The van der Waals surface area contributed by atoms with Crippen LogP contribution in [0.3, 0.4) is 0 Å². The van der Waals surface area contributed by atoms with E-state index in [9.17, 15) is 9.59 Å². The number of amides is 1. The van der Waals surface area contributed by atoms with Crippen molar-refractivity contribution in [3.63, 3.8) is 0 Å². The lowest BCUT2D eigenvalue weighted by Gasteiger charge is -2.16. The number of ether oxygens (including phenoxy) is 1. The Hall–Kier alpha value is -1.90. The van der Waals surface area contributed by atoms with Crippen LogP contribution in [0.4, 0.5) is 5.82 Å². The third kappa shape index (κ3) is 5.33. The third-order valence-corrected chi connectivity index (χ3v) is 3.97. The molecular weight excluding hydrogens is 423 g/mol. The van der Waals surface area contributed by atoms with Gasteiger partial charge in [-0.05, 0) is 60.6 Å². The predicted molar refractivity (Wildman–Crippen MR) is 97.8 cm³/mol. The highest BCUT2D eigenvalue weighted by molar-refractivity contribution is 14.1. The van der Waals surface area contributed by atoms with Gasteiger partial charge in [-0.15, -0.1) is 0 Å². The van der Waals surface area contributed by atoms with E-state index in [-0.39, 0.29) is 0 Å². The van der Waals surface area contributed by atoms with Gasteiger partial charge in [-0.25, -0.2) is 4.79 Å². The van der Waals surface area contributed by atoms with Crippen molar-refractivity contribution >= 4 is 40.3 Å². The topological polar surface area (TPSA) is 81.4 Å². The van der Waals surface area contributed by atoms with Gasteiger partial charge in [0.15, 0.2) is 11.9 Å². The zero-order valence-electron chi connectivity index (χ0n) is 13.5. The minimum Gasteiger partial charge on any atom is -0.449 e. The fourth-order valence-electron chi connectivity index (χ4n) is 2.08. The molecule has 0 radical (unpaired) electrons. The summed E-state index contributed by atoms with van der Waals surface area (Å²) in [4.78, 5) is 24.7. The molecule has 1 unspecified atom stereocenters. The molecule has 128 valence electrons. The normalized spacial score (nSPS) is 11.8. The molecule has 2 rings (SSSR count). The van der Waals surface area contributed by atoms with Gasteiger partial charge in [0.1, 0.15) is 5.76 Å². The van der Waals surface area contributed by atoms with Crippen molar-refractivity contribution in [2.75, 3.05) is 5.32 Å². The quantitative estimate of drug-likeness (QED) is 0.519. The lowest BCUT2D eigenvalue weighted by Crippen LogP contribution is -2.32. The van der Waals surface area contributed by atoms with E-state index in [2.05, 4.69) is 33.1 Å². The van der Waals surface area contributed by atoms with Gasteiger partial charge < -0.3 is 14.6 Å². The highest BCUT2D eigenvalue weighted by Crippen LogP contribution is 2.15. The largest absolute Gasteiger partial charge is 0.449 e. The van der Waals surface area contributed by atoms with Crippen molar-refractivity contribution in [1.29, 1.82) is 0 Å². The first-order valence-corrected chi connectivity index (χ1v) is 8.78. The van der Waals surface area contributed by atoms with Gasteiger partial charge in [-0.3, -0.25) is 4.79 Å². The molecule has 6 nitrogen and oxygen atoms in total. The van der Waals surface area contributed by atoms with Gasteiger partial charge in [0.2, 0.25) is 0 Å². The van der Waals surface area contributed by atoms with Gasteiger partial charge in [-0.2, -0.15) is 0 Å². The highest BCUT2D eigenvalue weighted by atomic mass is 127. The molecule has 1 amide bonds. The number of anilines is 1. The first kappa shape index (κ1) is 18.4. The average molecular weight is 442 g/mol. The summed E-state index contributed by atoms with van der Waals surface area (Å²) >= 11 is 2.12. The molecule has 0 aliphatic carbocycles. The summed E-state index contributed by atoms with van der Waals surface area (Å²) in [5.41, 5.74) is 0.425. The lowest BCUT2D eigenvalue weighted by molar-refractivity contribution is -0.125. The maximum Gasteiger partial charge on any atom is 0.338 e. The number of carbonyl (C=O) groups excluding carboxylic acids is 2. The van der Waals surface area contributed by atoms with Crippen molar-refractivity contribution in [1.82, 2.24) is 5.16 Å². The number of carbonyl (C=O) groups is 2. The summed E-state index contributed by atoms with van der Waals surface area (Å²) in [5, 5.41) is 6.34. The maximum absolute atomic E-state index is 12.4. The molecule has 1 aromatic heterocycles. The number of nitrogens with zero attached hydrogens (tertiary/aromatic N) is 1. The summed E-state index contributed by atoms with van der Waals surface area (Å²) < 4.78 is 11.3. The second-order valence-corrected chi connectivity index (χ2v) is 6.60. The Kier molecular flexibility index (Phi) is 6.77. The fraction of sp³-hybridized carbons (Fsp3) is 0.353. The number of aromatic nitrogens is 1. The molecule has 0 aliphatic heterocycles. The number of unbranched alkanes of at least 4 members (excludes halogenated alkanes) is 1. The van der Waals surface area contributed by atoms with E-state index < -0.39 is 18.0 Å². The Morgan fingerprint density at radius 2 is 2.17 bits per heavy atom. The van der Waals surface area contributed by atoms with Crippen LogP contribution in [-0.4, -0.2) is 23.1 Å². The second kappa shape index (κ2) is 8.81. The first-order chi connectivity index (χ1) is 11.5. The maximum atomic E-state index is 12.4. The molecule has 0 saturated heterocycles. The molecule has 0 aliphatic rings. The van der Waals surface area contributed by atoms with Gasteiger partial charge in [0.05, 0.1) is 5.56 Å². The van der Waals surface area contributed by atoms with Crippen molar-refractivity contribution < 1.29 is 18.8 Å².